The number of anilines is 2. The van der Waals surface area contributed by atoms with Crippen molar-refractivity contribution < 1.29 is 22.1 Å². The van der Waals surface area contributed by atoms with Gasteiger partial charge in [-0.3, -0.25) is 0 Å². The third kappa shape index (κ3) is 5.63. The molecule has 33 heavy (non-hydrogen) atoms. The minimum atomic E-state index is -4.56. The molecule has 1 aromatic heterocycles. The summed E-state index contributed by atoms with van der Waals surface area (Å²) in [5.74, 6) is -0.281. The van der Waals surface area contributed by atoms with Gasteiger partial charge in [-0.15, -0.1) is 11.3 Å². The van der Waals surface area contributed by atoms with E-state index in [1.807, 2.05) is 24.1 Å². The van der Waals surface area contributed by atoms with Crippen LogP contribution in [0.3, 0.4) is 0 Å². The lowest BCUT2D eigenvalue weighted by Crippen LogP contribution is -2.23. The summed E-state index contributed by atoms with van der Waals surface area (Å²) >= 11 is 7.48. The first kappa shape index (κ1) is 23.9. The number of nitrogens with one attached hydrogen (secondary N) is 1. The molecule has 1 aliphatic heterocycles. The molecular formula is C22H21ClF3N3O2S2. The highest BCUT2D eigenvalue weighted by Crippen LogP contribution is 2.40. The lowest BCUT2D eigenvalue weighted by atomic mass is 10.1. The number of nitrogens with zero attached hydrogens (tertiary/aromatic N) is 1. The molecule has 4 rings (SSSR count). The highest BCUT2D eigenvalue weighted by molar-refractivity contribution is 7.88. The van der Waals surface area contributed by atoms with Gasteiger partial charge >= 0.3 is 6.18 Å². The van der Waals surface area contributed by atoms with Crippen LogP contribution < -0.4 is 15.2 Å². The number of alkyl halides is 3. The second-order valence-corrected chi connectivity index (χ2v) is 10.8. The molecule has 1 unspecified atom stereocenters. The zero-order valence-electron chi connectivity index (χ0n) is 17.5. The number of ether oxygens (including phenoxy) is 1. The largest absolute Gasteiger partial charge is 0.488 e. The van der Waals surface area contributed by atoms with E-state index in [9.17, 15) is 17.4 Å². The molecule has 0 bridgehead atoms. The molecule has 0 aliphatic carbocycles. The molecule has 0 saturated carbocycles. The molecule has 3 N–H and O–H groups in total. The van der Waals surface area contributed by atoms with Gasteiger partial charge in [0, 0.05) is 30.4 Å². The summed E-state index contributed by atoms with van der Waals surface area (Å²) in [5, 5.41) is 0. The normalized spacial score (nSPS) is 17.8. The number of likely N-dealkylation sites (tertiary alicyclic amines) is 1. The van der Waals surface area contributed by atoms with Gasteiger partial charge in [-0.1, -0.05) is 23.7 Å². The van der Waals surface area contributed by atoms with Gasteiger partial charge in [0.15, 0.2) is 11.0 Å². The molecule has 11 heteroatoms. The molecule has 2 atom stereocenters. The minimum Gasteiger partial charge on any atom is -0.488 e. The number of nitrogen functional groups attached to an aromatic ring is 1. The molecule has 2 aromatic carbocycles. The molecule has 1 saturated heterocycles. The van der Waals surface area contributed by atoms with Crippen molar-refractivity contribution in [1.82, 2.24) is 4.90 Å². The van der Waals surface area contributed by atoms with E-state index in [0.29, 0.717) is 32.8 Å². The van der Waals surface area contributed by atoms with Crippen molar-refractivity contribution in [3.63, 3.8) is 0 Å². The molecular weight excluding hydrogens is 495 g/mol. The predicted molar refractivity (Wildman–Crippen MR) is 127 cm³/mol. The zero-order valence-corrected chi connectivity index (χ0v) is 19.9. The fourth-order valence-corrected chi connectivity index (χ4v) is 6.08. The summed E-state index contributed by atoms with van der Waals surface area (Å²) in [5.41, 5.74) is 7.24. The van der Waals surface area contributed by atoms with E-state index in [1.54, 1.807) is 18.2 Å². The molecule has 2 heterocycles. The smallest absolute Gasteiger partial charge is 0.419 e. The monoisotopic (exact) mass is 515 g/mol. The van der Waals surface area contributed by atoms with E-state index in [2.05, 4.69) is 4.72 Å². The standard InChI is InChI=1S/C22H21ClF3N3O2S2/c1-29-9-8-16(12-29)31-19-10-15(6-7-18(19)22(24,25)26)28-33(30)20-11-17(21(23)32-20)13-2-4-14(27)5-3-13/h2-7,10-11,16,28H,8-9,12,27H2,1H3/t16-,33?/m1/s1. The van der Waals surface area contributed by atoms with Gasteiger partial charge in [-0.05, 0) is 49.4 Å². The fourth-order valence-electron chi connectivity index (χ4n) is 3.54. The van der Waals surface area contributed by atoms with Crippen LogP contribution in [0.4, 0.5) is 24.5 Å². The number of likely N-dealkylation sites (N-methyl/N-ethyl adjacent to an activating group) is 1. The average molecular weight is 516 g/mol. The summed E-state index contributed by atoms with van der Waals surface area (Å²) in [7, 11) is 0.156. The molecule has 176 valence electrons. The van der Waals surface area contributed by atoms with Crippen molar-refractivity contribution in [3.05, 3.63) is 58.4 Å². The Bertz CT molecular complexity index is 1170. The summed E-state index contributed by atoms with van der Waals surface area (Å²) in [6, 6.07) is 12.2. The summed E-state index contributed by atoms with van der Waals surface area (Å²) in [4.78, 5) is 1.99. The summed E-state index contributed by atoms with van der Waals surface area (Å²) in [6.07, 6.45) is -4.26. The van der Waals surface area contributed by atoms with Crippen LogP contribution in [0.1, 0.15) is 12.0 Å². The van der Waals surface area contributed by atoms with Crippen LogP contribution in [0.15, 0.2) is 52.7 Å². The van der Waals surface area contributed by atoms with Crippen LogP contribution in [0, 0.1) is 0 Å². The van der Waals surface area contributed by atoms with Crippen molar-refractivity contribution in [2.75, 3.05) is 30.6 Å². The van der Waals surface area contributed by atoms with Crippen molar-refractivity contribution in [3.8, 4) is 16.9 Å². The Morgan fingerprint density at radius 3 is 2.58 bits per heavy atom. The van der Waals surface area contributed by atoms with Crippen LogP contribution in [0.2, 0.25) is 4.34 Å². The average Bonchev–Trinajstić information content (AvgIpc) is 3.33. The quantitative estimate of drug-likeness (QED) is 0.402. The molecule has 0 radical (unpaired) electrons. The molecule has 3 aromatic rings. The van der Waals surface area contributed by atoms with Gasteiger partial charge in [0.2, 0.25) is 0 Å². The first-order valence-corrected chi connectivity index (χ1v) is 12.3. The third-order valence-corrected chi connectivity index (χ3v) is 7.97. The predicted octanol–water partition coefficient (Wildman–Crippen LogP) is 5.89. The van der Waals surface area contributed by atoms with E-state index in [-0.39, 0.29) is 17.5 Å². The van der Waals surface area contributed by atoms with Crippen molar-refractivity contribution in [1.29, 1.82) is 0 Å². The Morgan fingerprint density at radius 2 is 1.94 bits per heavy atom. The number of hydrogen-bond acceptors (Lipinski definition) is 5. The SMILES string of the molecule is CN1CC[C@@H](Oc2cc(NS(=O)c3cc(-c4ccc(N)cc4)c(Cl)s3)ccc2C(F)(F)F)C1. The number of thiophene rings is 1. The summed E-state index contributed by atoms with van der Waals surface area (Å²) < 4.78 is 62.7. The van der Waals surface area contributed by atoms with Crippen molar-refractivity contribution in [2.45, 2.75) is 22.9 Å². The van der Waals surface area contributed by atoms with Gasteiger partial charge in [0.1, 0.15) is 20.4 Å². The van der Waals surface area contributed by atoms with Gasteiger partial charge in [-0.25, -0.2) is 4.21 Å². The van der Waals surface area contributed by atoms with E-state index < -0.39 is 22.7 Å². The lowest BCUT2D eigenvalue weighted by Gasteiger charge is -2.19. The second kappa shape index (κ2) is 9.54. The maximum absolute atomic E-state index is 13.5. The van der Waals surface area contributed by atoms with E-state index in [0.717, 1.165) is 29.5 Å². The molecule has 0 spiro atoms. The van der Waals surface area contributed by atoms with E-state index in [1.165, 1.54) is 12.1 Å². The fraction of sp³-hybridized carbons (Fsp3) is 0.273. The van der Waals surface area contributed by atoms with Gasteiger partial charge in [0.05, 0.1) is 11.3 Å². The maximum atomic E-state index is 13.5. The Kier molecular flexibility index (Phi) is 6.90. The Balaban J connectivity index is 1.56. The lowest BCUT2D eigenvalue weighted by molar-refractivity contribution is -0.139. The Hall–Kier alpha value is -2.27. The molecule has 5 nitrogen and oxygen atoms in total. The van der Waals surface area contributed by atoms with Crippen LogP contribution >= 0.6 is 22.9 Å². The Labute approximate surface area is 200 Å². The zero-order chi connectivity index (χ0) is 23.8. The first-order chi connectivity index (χ1) is 15.6. The number of nitrogens with two attached hydrogens (primary N) is 1. The van der Waals surface area contributed by atoms with Crippen LogP contribution in [-0.4, -0.2) is 35.3 Å². The minimum absolute atomic E-state index is 0.251. The highest BCUT2D eigenvalue weighted by atomic mass is 35.5. The Morgan fingerprint density at radius 1 is 1.21 bits per heavy atom. The summed E-state index contributed by atoms with van der Waals surface area (Å²) in [6.45, 7) is 1.30. The number of halogens is 4. The molecule has 1 fully saturated rings. The van der Waals surface area contributed by atoms with E-state index in [4.69, 9.17) is 22.1 Å². The van der Waals surface area contributed by atoms with Crippen molar-refractivity contribution in [2.24, 2.45) is 0 Å². The number of benzene rings is 2. The van der Waals surface area contributed by atoms with E-state index >= 15 is 0 Å². The highest BCUT2D eigenvalue weighted by Gasteiger charge is 2.36. The van der Waals surface area contributed by atoms with Crippen LogP contribution in [0.5, 0.6) is 5.75 Å². The number of rotatable bonds is 6. The van der Waals surface area contributed by atoms with Gasteiger partial charge in [-0.2, -0.15) is 13.2 Å². The van der Waals surface area contributed by atoms with Crippen molar-refractivity contribution >= 4 is 45.3 Å². The topological polar surface area (TPSA) is 67.6 Å². The van der Waals surface area contributed by atoms with Crippen LogP contribution in [-0.2, 0) is 17.2 Å². The first-order valence-electron chi connectivity index (χ1n) is 10.0. The second-order valence-electron chi connectivity index (χ2n) is 7.75. The maximum Gasteiger partial charge on any atom is 0.419 e. The molecule has 1 aliphatic rings. The van der Waals surface area contributed by atoms with Gasteiger partial charge < -0.3 is 20.1 Å². The number of hydrogen-bond donors (Lipinski definition) is 2. The third-order valence-electron chi connectivity index (χ3n) is 5.21. The molecule has 0 amide bonds. The van der Waals surface area contributed by atoms with Gasteiger partial charge in [0.25, 0.3) is 0 Å². The van der Waals surface area contributed by atoms with Crippen LogP contribution in [0.25, 0.3) is 11.1 Å².